The first-order valence-corrected chi connectivity index (χ1v) is 8.82. The first-order valence-electron chi connectivity index (χ1n) is 7.00. The molecule has 0 aliphatic carbocycles. The van der Waals surface area contributed by atoms with E-state index < -0.39 is 10.2 Å². The highest BCUT2D eigenvalue weighted by atomic mass is 35.5. The summed E-state index contributed by atoms with van der Waals surface area (Å²) in [5, 5.41) is 3.90. The van der Waals surface area contributed by atoms with Crippen molar-refractivity contribution in [2.45, 2.75) is 32.9 Å². The lowest BCUT2D eigenvalue weighted by Gasteiger charge is -2.18. The highest BCUT2D eigenvalue weighted by Gasteiger charge is 2.16. The van der Waals surface area contributed by atoms with Gasteiger partial charge in [-0.1, -0.05) is 37.6 Å². The largest absolute Gasteiger partial charge is 0.314 e. The summed E-state index contributed by atoms with van der Waals surface area (Å²) < 4.78 is 28.1. The Hall–Kier alpha value is -0.660. The minimum Gasteiger partial charge on any atom is -0.314 e. The van der Waals surface area contributed by atoms with E-state index in [4.69, 9.17) is 11.6 Å². The van der Waals surface area contributed by atoms with Gasteiger partial charge in [0.1, 0.15) is 0 Å². The SMILES string of the molecule is CC(C)NCCCN(C)S(=O)(=O)NCc1ccc(Cl)cc1. The van der Waals surface area contributed by atoms with Gasteiger partial charge in [-0.15, -0.1) is 0 Å². The van der Waals surface area contributed by atoms with Crippen molar-refractivity contribution in [2.75, 3.05) is 20.1 Å². The molecule has 0 saturated heterocycles. The number of nitrogens with one attached hydrogen (secondary N) is 2. The summed E-state index contributed by atoms with van der Waals surface area (Å²) in [7, 11) is -1.86. The molecule has 1 rings (SSSR count). The molecule has 120 valence electrons. The van der Waals surface area contributed by atoms with E-state index in [0.717, 1.165) is 18.5 Å². The fourth-order valence-corrected chi connectivity index (χ4v) is 2.76. The lowest BCUT2D eigenvalue weighted by molar-refractivity contribution is 0.439. The lowest BCUT2D eigenvalue weighted by atomic mass is 10.2. The van der Waals surface area contributed by atoms with Crippen molar-refractivity contribution in [3.63, 3.8) is 0 Å². The Balaban J connectivity index is 2.39. The third-order valence-electron chi connectivity index (χ3n) is 2.98. The second-order valence-electron chi connectivity index (χ2n) is 5.24. The molecule has 5 nitrogen and oxygen atoms in total. The van der Waals surface area contributed by atoms with Crippen molar-refractivity contribution in [3.8, 4) is 0 Å². The van der Waals surface area contributed by atoms with Crippen molar-refractivity contribution in [2.24, 2.45) is 0 Å². The molecule has 7 heteroatoms. The molecule has 1 aromatic rings. The number of hydrogen-bond donors (Lipinski definition) is 2. The van der Waals surface area contributed by atoms with Crippen LogP contribution < -0.4 is 10.0 Å². The average Bonchev–Trinajstić information content (AvgIpc) is 2.42. The highest BCUT2D eigenvalue weighted by Crippen LogP contribution is 2.09. The first kappa shape index (κ1) is 18.4. The molecular formula is C14H24ClN3O2S. The second-order valence-corrected chi connectivity index (χ2v) is 7.54. The van der Waals surface area contributed by atoms with Crippen molar-refractivity contribution >= 4 is 21.8 Å². The van der Waals surface area contributed by atoms with E-state index in [0.29, 0.717) is 17.6 Å². The zero-order valence-electron chi connectivity index (χ0n) is 12.8. The summed E-state index contributed by atoms with van der Waals surface area (Å²) in [5.74, 6) is 0. The summed E-state index contributed by atoms with van der Waals surface area (Å²) in [5.41, 5.74) is 0.873. The Labute approximate surface area is 132 Å². The molecule has 0 bridgehead atoms. The quantitative estimate of drug-likeness (QED) is 0.679. The van der Waals surface area contributed by atoms with E-state index in [1.54, 1.807) is 31.3 Å². The maximum atomic E-state index is 12.1. The molecule has 0 spiro atoms. The van der Waals surface area contributed by atoms with Gasteiger partial charge in [0.05, 0.1) is 0 Å². The standard InChI is InChI=1S/C14H24ClN3O2S/c1-12(2)16-9-4-10-18(3)21(19,20)17-11-13-5-7-14(15)8-6-13/h5-8,12,16-17H,4,9-11H2,1-3H3. The van der Waals surface area contributed by atoms with Crippen molar-refractivity contribution in [1.29, 1.82) is 0 Å². The van der Waals surface area contributed by atoms with E-state index in [1.165, 1.54) is 4.31 Å². The average molecular weight is 334 g/mol. The van der Waals surface area contributed by atoms with E-state index >= 15 is 0 Å². The molecular weight excluding hydrogens is 310 g/mol. The zero-order chi connectivity index (χ0) is 15.9. The summed E-state index contributed by atoms with van der Waals surface area (Å²) in [6.45, 7) is 5.67. The number of rotatable bonds is 9. The first-order chi connectivity index (χ1) is 9.81. The van der Waals surface area contributed by atoms with Gasteiger partial charge in [-0.2, -0.15) is 17.4 Å². The molecule has 2 N–H and O–H groups in total. The maximum Gasteiger partial charge on any atom is 0.279 e. The Morgan fingerprint density at radius 1 is 1.24 bits per heavy atom. The molecule has 0 aromatic heterocycles. The van der Waals surface area contributed by atoms with Crippen molar-refractivity contribution in [1.82, 2.24) is 14.3 Å². The van der Waals surface area contributed by atoms with E-state index in [-0.39, 0.29) is 6.54 Å². The van der Waals surface area contributed by atoms with Crippen LogP contribution in [0.25, 0.3) is 0 Å². The molecule has 0 aliphatic heterocycles. The molecule has 0 atom stereocenters. The van der Waals surface area contributed by atoms with Crippen LogP contribution in [0.4, 0.5) is 0 Å². The highest BCUT2D eigenvalue weighted by molar-refractivity contribution is 7.87. The number of benzene rings is 1. The fourth-order valence-electron chi connectivity index (χ4n) is 1.70. The summed E-state index contributed by atoms with van der Waals surface area (Å²) in [4.78, 5) is 0. The van der Waals surface area contributed by atoms with Crippen LogP contribution in [0.2, 0.25) is 5.02 Å². The van der Waals surface area contributed by atoms with Gasteiger partial charge in [-0.25, -0.2) is 0 Å². The summed E-state index contributed by atoms with van der Waals surface area (Å²) in [6, 6.07) is 7.50. The van der Waals surface area contributed by atoms with Crippen LogP contribution in [0.15, 0.2) is 24.3 Å². The number of hydrogen-bond acceptors (Lipinski definition) is 3. The Morgan fingerprint density at radius 2 is 1.86 bits per heavy atom. The Kier molecular flexibility index (Phi) is 7.62. The van der Waals surface area contributed by atoms with Crippen LogP contribution >= 0.6 is 11.6 Å². The summed E-state index contributed by atoms with van der Waals surface area (Å²) in [6.07, 6.45) is 0.774. The van der Waals surface area contributed by atoms with Gasteiger partial charge in [0.25, 0.3) is 10.2 Å². The van der Waals surface area contributed by atoms with E-state index in [1.807, 2.05) is 0 Å². The van der Waals surface area contributed by atoms with E-state index in [9.17, 15) is 8.42 Å². The van der Waals surface area contributed by atoms with Crippen LogP contribution in [0.5, 0.6) is 0 Å². The minimum absolute atomic E-state index is 0.258. The van der Waals surface area contributed by atoms with Crippen LogP contribution in [-0.2, 0) is 16.8 Å². The van der Waals surface area contributed by atoms with Gasteiger partial charge in [0.2, 0.25) is 0 Å². The minimum atomic E-state index is -3.45. The predicted octanol–water partition coefficient (Wildman–Crippen LogP) is 1.99. The zero-order valence-corrected chi connectivity index (χ0v) is 14.3. The number of halogens is 1. The molecule has 0 saturated carbocycles. The molecule has 21 heavy (non-hydrogen) atoms. The van der Waals surface area contributed by atoms with Gasteiger partial charge in [-0.3, -0.25) is 0 Å². The van der Waals surface area contributed by atoms with Crippen LogP contribution in [0.3, 0.4) is 0 Å². The number of nitrogens with zero attached hydrogens (tertiary/aromatic N) is 1. The van der Waals surface area contributed by atoms with E-state index in [2.05, 4.69) is 23.9 Å². The molecule has 0 unspecified atom stereocenters. The summed E-state index contributed by atoms with van der Waals surface area (Å²) >= 11 is 5.79. The third kappa shape index (κ3) is 7.24. The van der Waals surface area contributed by atoms with Crippen molar-refractivity contribution in [3.05, 3.63) is 34.9 Å². The fraction of sp³-hybridized carbons (Fsp3) is 0.571. The van der Waals surface area contributed by atoms with Gasteiger partial charge in [0, 0.05) is 31.2 Å². The Morgan fingerprint density at radius 3 is 2.43 bits per heavy atom. The molecule has 0 amide bonds. The lowest BCUT2D eigenvalue weighted by Crippen LogP contribution is -2.39. The molecule has 0 radical (unpaired) electrons. The molecule has 0 fully saturated rings. The normalized spacial score (nSPS) is 12.3. The smallest absolute Gasteiger partial charge is 0.279 e. The van der Waals surface area contributed by atoms with Crippen LogP contribution in [-0.4, -0.2) is 38.9 Å². The van der Waals surface area contributed by atoms with Crippen molar-refractivity contribution < 1.29 is 8.42 Å². The maximum absolute atomic E-state index is 12.1. The predicted molar refractivity (Wildman–Crippen MR) is 87.6 cm³/mol. The molecule has 1 aromatic carbocycles. The second kappa shape index (κ2) is 8.70. The third-order valence-corrected chi connectivity index (χ3v) is 4.75. The molecule has 0 aliphatic rings. The topological polar surface area (TPSA) is 61.4 Å². The molecule has 0 heterocycles. The van der Waals surface area contributed by atoms with Gasteiger partial charge in [-0.05, 0) is 30.7 Å². The van der Waals surface area contributed by atoms with Gasteiger partial charge < -0.3 is 5.32 Å². The van der Waals surface area contributed by atoms with Crippen LogP contribution in [0, 0.1) is 0 Å². The monoisotopic (exact) mass is 333 g/mol. The van der Waals surface area contributed by atoms with Crippen LogP contribution in [0.1, 0.15) is 25.8 Å². The van der Waals surface area contributed by atoms with Gasteiger partial charge in [0.15, 0.2) is 0 Å². The van der Waals surface area contributed by atoms with Gasteiger partial charge >= 0.3 is 0 Å². The Bertz CT molecular complexity index is 518.